The SMILES string of the molecule is NC(Cc1nc2ccccc2s1)C(C(F)(F)F)C(F)(F)F. The number of alkyl halides is 6. The van der Waals surface area contributed by atoms with E-state index >= 15 is 0 Å². The van der Waals surface area contributed by atoms with Gasteiger partial charge in [0.05, 0.1) is 15.2 Å². The summed E-state index contributed by atoms with van der Waals surface area (Å²) >= 11 is 1.04. The maximum absolute atomic E-state index is 12.6. The van der Waals surface area contributed by atoms with Gasteiger partial charge in [0.25, 0.3) is 0 Å². The van der Waals surface area contributed by atoms with Crippen LogP contribution < -0.4 is 5.73 Å². The highest BCUT2D eigenvalue weighted by molar-refractivity contribution is 7.18. The molecule has 2 N–H and O–H groups in total. The number of thiazole rings is 1. The van der Waals surface area contributed by atoms with Gasteiger partial charge in [-0.25, -0.2) is 4.98 Å². The molecule has 9 heteroatoms. The third-order valence-corrected chi connectivity index (χ3v) is 3.94. The van der Waals surface area contributed by atoms with Crippen LogP contribution in [0.4, 0.5) is 26.3 Å². The molecule has 1 aromatic carbocycles. The zero-order chi connectivity index (χ0) is 15.8. The average molecular weight is 328 g/mol. The molecule has 0 radical (unpaired) electrons. The molecular formula is C12H10F6N2S. The van der Waals surface area contributed by atoms with Gasteiger partial charge in [0.15, 0.2) is 5.92 Å². The van der Waals surface area contributed by atoms with E-state index in [2.05, 4.69) is 4.98 Å². The van der Waals surface area contributed by atoms with Crippen molar-refractivity contribution in [2.75, 3.05) is 0 Å². The van der Waals surface area contributed by atoms with Gasteiger partial charge in [0, 0.05) is 12.5 Å². The Morgan fingerprint density at radius 3 is 2.14 bits per heavy atom. The highest BCUT2D eigenvalue weighted by atomic mass is 32.1. The van der Waals surface area contributed by atoms with Crippen LogP contribution in [0.25, 0.3) is 10.2 Å². The number of aromatic nitrogens is 1. The summed E-state index contributed by atoms with van der Waals surface area (Å²) in [5, 5.41) is 0.155. The zero-order valence-corrected chi connectivity index (χ0v) is 11.2. The molecule has 0 saturated heterocycles. The Balaban J connectivity index is 2.24. The third kappa shape index (κ3) is 3.65. The highest BCUT2D eigenvalue weighted by Crippen LogP contribution is 2.41. The molecule has 1 atom stereocenters. The quantitative estimate of drug-likeness (QED) is 0.868. The largest absolute Gasteiger partial charge is 0.402 e. The van der Waals surface area contributed by atoms with Crippen molar-refractivity contribution in [1.29, 1.82) is 0 Å². The molecule has 0 saturated carbocycles. The number of para-hydroxylation sites is 1. The normalized spacial score (nSPS) is 14.9. The monoisotopic (exact) mass is 328 g/mol. The molecule has 0 fully saturated rings. The lowest BCUT2D eigenvalue weighted by Crippen LogP contribution is -2.49. The fourth-order valence-electron chi connectivity index (χ4n) is 2.00. The van der Waals surface area contributed by atoms with E-state index in [0.717, 1.165) is 11.3 Å². The van der Waals surface area contributed by atoms with Gasteiger partial charge in [0.1, 0.15) is 0 Å². The van der Waals surface area contributed by atoms with Crippen molar-refractivity contribution in [1.82, 2.24) is 4.98 Å². The summed E-state index contributed by atoms with van der Waals surface area (Å²) in [6.45, 7) is 0. The predicted octanol–water partition coefficient (Wildman–Crippen LogP) is 3.91. The molecule has 0 spiro atoms. The Morgan fingerprint density at radius 1 is 1.05 bits per heavy atom. The fraction of sp³-hybridized carbons (Fsp3) is 0.417. The van der Waals surface area contributed by atoms with Crippen LogP contribution in [0.15, 0.2) is 24.3 Å². The molecule has 1 aromatic heterocycles. The van der Waals surface area contributed by atoms with E-state index in [1.54, 1.807) is 24.3 Å². The minimum Gasteiger partial charge on any atom is -0.326 e. The van der Waals surface area contributed by atoms with E-state index < -0.39 is 30.7 Å². The molecule has 1 heterocycles. The summed E-state index contributed by atoms with van der Waals surface area (Å²) in [4.78, 5) is 4.00. The lowest BCUT2D eigenvalue weighted by atomic mass is 9.96. The van der Waals surface area contributed by atoms with E-state index in [-0.39, 0.29) is 5.01 Å². The van der Waals surface area contributed by atoms with E-state index in [1.165, 1.54) is 0 Å². The van der Waals surface area contributed by atoms with Crippen LogP contribution in [0, 0.1) is 5.92 Å². The van der Waals surface area contributed by atoms with Gasteiger partial charge in [0.2, 0.25) is 0 Å². The van der Waals surface area contributed by atoms with Crippen LogP contribution in [-0.2, 0) is 6.42 Å². The van der Waals surface area contributed by atoms with Gasteiger partial charge in [-0.1, -0.05) is 12.1 Å². The lowest BCUT2D eigenvalue weighted by Gasteiger charge is -2.27. The van der Waals surface area contributed by atoms with Crippen molar-refractivity contribution in [2.24, 2.45) is 11.7 Å². The minimum atomic E-state index is -5.44. The number of nitrogens with zero attached hydrogens (tertiary/aromatic N) is 1. The summed E-state index contributed by atoms with van der Waals surface area (Å²) < 4.78 is 76.0. The van der Waals surface area contributed by atoms with Gasteiger partial charge in [-0.3, -0.25) is 0 Å². The number of fused-ring (bicyclic) bond motifs is 1. The van der Waals surface area contributed by atoms with Crippen molar-refractivity contribution < 1.29 is 26.3 Å². The Bertz CT molecular complexity index is 571. The van der Waals surface area contributed by atoms with Gasteiger partial charge in [-0.05, 0) is 12.1 Å². The number of rotatable bonds is 3. The Morgan fingerprint density at radius 2 is 1.62 bits per heavy atom. The zero-order valence-electron chi connectivity index (χ0n) is 10.4. The smallest absolute Gasteiger partial charge is 0.326 e. The average Bonchev–Trinajstić information content (AvgIpc) is 2.66. The van der Waals surface area contributed by atoms with Crippen LogP contribution in [0.5, 0.6) is 0 Å². The van der Waals surface area contributed by atoms with Crippen molar-refractivity contribution in [3.63, 3.8) is 0 Å². The number of hydrogen-bond acceptors (Lipinski definition) is 3. The fourth-order valence-corrected chi connectivity index (χ4v) is 3.04. The number of benzene rings is 1. The third-order valence-electron chi connectivity index (χ3n) is 2.88. The molecular weight excluding hydrogens is 318 g/mol. The second-order valence-corrected chi connectivity index (χ2v) is 5.62. The van der Waals surface area contributed by atoms with Crippen molar-refractivity contribution >= 4 is 21.6 Å². The molecule has 0 amide bonds. The maximum Gasteiger partial charge on any atom is 0.402 e. The van der Waals surface area contributed by atoms with Crippen LogP contribution >= 0.6 is 11.3 Å². The van der Waals surface area contributed by atoms with Crippen LogP contribution in [0.2, 0.25) is 0 Å². The Labute approximate surface area is 119 Å². The summed E-state index contributed by atoms with van der Waals surface area (Å²) in [5.74, 6) is -3.56. The molecule has 2 nitrogen and oxygen atoms in total. The van der Waals surface area contributed by atoms with Crippen molar-refractivity contribution in [2.45, 2.75) is 24.8 Å². The summed E-state index contributed by atoms with van der Waals surface area (Å²) in [6.07, 6.45) is -11.5. The van der Waals surface area contributed by atoms with Crippen LogP contribution in [0.1, 0.15) is 5.01 Å². The van der Waals surface area contributed by atoms with Gasteiger partial charge in [-0.15, -0.1) is 11.3 Å². The van der Waals surface area contributed by atoms with Gasteiger partial charge < -0.3 is 5.73 Å². The summed E-state index contributed by atoms with van der Waals surface area (Å²) in [5.41, 5.74) is 5.70. The molecule has 0 aliphatic heterocycles. The van der Waals surface area contributed by atoms with Gasteiger partial charge >= 0.3 is 12.4 Å². The molecule has 0 aliphatic rings. The van der Waals surface area contributed by atoms with E-state index in [9.17, 15) is 26.3 Å². The van der Waals surface area contributed by atoms with Crippen LogP contribution in [-0.4, -0.2) is 23.4 Å². The molecule has 21 heavy (non-hydrogen) atoms. The first-order valence-corrected chi connectivity index (χ1v) is 6.64. The molecule has 0 aliphatic carbocycles. The Hall–Kier alpha value is -1.35. The lowest BCUT2D eigenvalue weighted by molar-refractivity contribution is -0.289. The van der Waals surface area contributed by atoms with E-state index in [1.807, 2.05) is 0 Å². The first-order chi connectivity index (χ1) is 9.59. The van der Waals surface area contributed by atoms with Gasteiger partial charge in [-0.2, -0.15) is 26.3 Å². The summed E-state index contributed by atoms with van der Waals surface area (Å²) in [6, 6.07) is 4.59. The second-order valence-electron chi connectivity index (χ2n) is 4.50. The molecule has 0 bridgehead atoms. The first-order valence-electron chi connectivity index (χ1n) is 5.82. The number of hydrogen-bond donors (Lipinski definition) is 1. The predicted molar refractivity (Wildman–Crippen MR) is 66.9 cm³/mol. The number of nitrogens with two attached hydrogens (primary N) is 1. The Kier molecular flexibility index (Phi) is 4.16. The standard InChI is InChI=1S/C12H10F6N2S/c13-11(14,15)10(12(16,17)18)6(19)5-9-20-7-3-1-2-4-8(7)21-9/h1-4,6,10H,5,19H2. The van der Waals surface area contributed by atoms with E-state index in [4.69, 9.17) is 5.73 Å². The summed E-state index contributed by atoms with van der Waals surface area (Å²) in [7, 11) is 0. The second kappa shape index (κ2) is 5.45. The molecule has 1 unspecified atom stereocenters. The minimum absolute atomic E-state index is 0.155. The van der Waals surface area contributed by atoms with E-state index in [0.29, 0.717) is 10.2 Å². The topological polar surface area (TPSA) is 38.9 Å². The van der Waals surface area contributed by atoms with Crippen molar-refractivity contribution in [3.8, 4) is 0 Å². The molecule has 116 valence electrons. The molecule has 2 rings (SSSR count). The molecule has 2 aromatic rings. The number of halogens is 6. The first kappa shape index (κ1) is 16.0. The maximum atomic E-state index is 12.6. The highest BCUT2D eigenvalue weighted by Gasteiger charge is 2.59. The van der Waals surface area contributed by atoms with Crippen LogP contribution in [0.3, 0.4) is 0 Å². The van der Waals surface area contributed by atoms with Crippen molar-refractivity contribution in [3.05, 3.63) is 29.3 Å².